The molecule has 0 bridgehead atoms. The summed E-state index contributed by atoms with van der Waals surface area (Å²) in [6, 6.07) is 8.34. The van der Waals surface area contributed by atoms with Gasteiger partial charge in [-0.1, -0.05) is 29.8 Å². The molecule has 1 fully saturated rings. The van der Waals surface area contributed by atoms with Gasteiger partial charge < -0.3 is 4.74 Å². The standard InChI is InChI=1S/C15H16ClN3O/c16-14-9-17-15(18-10-14)13-3-1-2-12(8-13)11-19-4-6-20-7-5-19/h1-3,8-10H,4-7,11H2. The van der Waals surface area contributed by atoms with E-state index < -0.39 is 0 Å². The Hall–Kier alpha value is -1.49. The smallest absolute Gasteiger partial charge is 0.159 e. The first-order valence-electron chi connectivity index (χ1n) is 6.68. The van der Waals surface area contributed by atoms with Crippen LogP contribution in [0.3, 0.4) is 0 Å². The summed E-state index contributed by atoms with van der Waals surface area (Å²) >= 11 is 5.82. The van der Waals surface area contributed by atoms with Gasteiger partial charge >= 0.3 is 0 Å². The van der Waals surface area contributed by atoms with E-state index in [1.807, 2.05) is 12.1 Å². The van der Waals surface area contributed by atoms with Gasteiger partial charge in [-0.15, -0.1) is 0 Å². The van der Waals surface area contributed by atoms with Crippen molar-refractivity contribution in [2.24, 2.45) is 0 Å². The zero-order chi connectivity index (χ0) is 13.8. The molecule has 1 aliphatic heterocycles. The summed E-state index contributed by atoms with van der Waals surface area (Å²) in [5.41, 5.74) is 2.29. The van der Waals surface area contributed by atoms with Gasteiger partial charge in [0.25, 0.3) is 0 Å². The quantitative estimate of drug-likeness (QED) is 0.871. The first-order valence-corrected chi connectivity index (χ1v) is 7.06. The normalized spacial score (nSPS) is 16.2. The molecule has 0 spiro atoms. The summed E-state index contributed by atoms with van der Waals surface area (Å²) < 4.78 is 5.37. The van der Waals surface area contributed by atoms with Crippen LogP contribution in [0.15, 0.2) is 36.7 Å². The van der Waals surface area contributed by atoms with Crippen LogP contribution in [0.1, 0.15) is 5.56 Å². The molecule has 0 saturated carbocycles. The molecular formula is C15H16ClN3O. The fraction of sp³-hybridized carbons (Fsp3) is 0.333. The van der Waals surface area contributed by atoms with E-state index in [9.17, 15) is 0 Å². The molecule has 0 amide bonds. The van der Waals surface area contributed by atoms with Crippen LogP contribution in [0.2, 0.25) is 5.02 Å². The van der Waals surface area contributed by atoms with E-state index in [1.165, 1.54) is 5.56 Å². The Morgan fingerprint density at radius 2 is 1.90 bits per heavy atom. The highest BCUT2D eigenvalue weighted by molar-refractivity contribution is 6.30. The number of nitrogens with zero attached hydrogens (tertiary/aromatic N) is 3. The van der Waals surface area contributed by atoms with Crippen LogP contribution in [0.5, 0.6) is 0 Å². The molecule has 104 valence electrons. The Bertz CT molecular complexity index is 568. The maximum atomic E-state index is 5.82. The van der Waals surface area contributed by atoms with E-state index in [0.29, 0.717) is 10.8 Å². The average molecular weight is 290 g/mol. The Kier molecular flexibility index (Phi) is 4.25. The molecule has 0 unspecified atom stereocenters. The van der Waals surface area contributed by atoms with Crippen molar-refractivity contribution in [2.75, 3.05) is 26.3 Å². The van der Waals surface area contributed by atoms with Crippen LogP contribution in [-0.2, 0) is 11.3 Å². The third kappa shape index (κ3) is 3.33. The molecule has 1 saturated heterocycles. The molecule has 4 nitrogen and oxygen atoms in total. The number of ether oxygens (including phenoxy) is 1. The lowest BCUT2D eigenvalue weighted by Gasteiger charge is -2.26. The van der Waals surface area contributed by atoms with Gasteiger partial charge in [-0.25, -0.2) is 9.97 Å². The first-order chi connectivity index (χ1) is 9.81. The zero-order valence-corrected chi connectivity index (χ0v) is 11.9. The van der Waals surface area contributed by atoms with Gasteiger partial charge in [-0.3, -0.25) is 4.90 Å². The summed E-state index contributed by atoms with van der Waals surface area (Å²) in [7, 11) is 0. The van der Waals surface area contributed by atoms with Gasteiger partial charge in [-0.05, 0) is 11.6 Å². The molecule has 1 aromatic heterocycles. The van der Waals surface area contributed by atoms with E-state index in [-0.39, 0.29) is 0 Å². The van der Waals surface area contributed by atoms with Crippen LogP contribution in [0.25, 0.3) is 11.4 Å². The molecule has 2 heterocycles. The van der Waals surface area contributed by atoms with E-state index in [0.717, 1.165) is 38.4 Å². The molecule has 1 aliphatic rings. The minimum atomic E-state index is 0.554. The van der Waals surface area contributed by atoms with Gasteiger partial charge in [0.2, 0.25) is 0 Å². The average Bonchev–Trinajstić information content (AvgIpc) is 2.49. The second-order valence-corrected chi connectivity index (χ2v) is 5.25. The highest BCUT2D eigenvalue weighted by atomic mass is 35.5. The Morgan fingerprint density at radius 3 is 2.65 bits per heavy atom. The Morgan fingerprint density at radius 1 is 1.15 bits per heavy atom. The largest absolute Gasteiger partial charge is 0.379 e. The molecule has 0 N–H and O–H groups in total. The van der Waals surface area contributed by atoms with Crippen molar-refractivity contribution in [2.45, 2.75) is 6.54 Å². The van der Waals surface area contributed by atoms with Crippen LogP contribution in [0.4, 0.5) is 0 Å². The lowest BCUT2D eigenvalue weighted by molar-refractivity contribution is 0.0342. The van der Waals surface area contributed by atoms with Crippen molar-refractivity contribution in [3.8, 4) is 11.4 Å². The van der Waals surface area contributed by atoms with Crippen molar-refractivity contribution in [1.29, 1.82) is 0 Å². The molecule has 2 aromatic rings. The molecular weight excluding hydrogens is 274 g/mol. The zero-order valence-electron chi connectivity index (χ0n) is 11.1. The van der Waals surface area contributed by atoms with Gasteiger partial charge in [0.05, 0.1) is 18.2 Å². The lowest BCUT2D eigenvalue weighted by atomic mass is 10.1. The molecule has 20 heavy (non-hydrogen) atoms. The van der Waals surface area contributed by atoms with Crippen LogP contribution >= 0.6 is 11.6 Å². The monoisotopic (exact) mass is 289 g/mol. The number of halogens is 1. The molecule has 0 radical (unpaired) electrons. The Labute approximate surface area is 123 Å². The number of benzene rings is 1. The van der Waals surface area contributed by atoms with E-state index in [1.54, 1.807) is 12.4 Å². The summed E-state index contributed by atoms with van der Waals surface area (Å²) in [5, 5.41) is 0.554. The number of hydrogen-bond donors (Lipinski definition) is 0. The highest BCUT2D eigenvalue weighted by Crippen LogP contribution is 2.18. The van der Waals surface area contributed by atoms with Crippen molar-refractivity contribution < 1.29 is 4.74 Å². The number of aromatic nitrogens is 2. The van der Waals surface area contributed by atoms with Crippen molar-refractivity contribution >= 4 is 11.6 Å². The van der Waals surface area contributed by atoms with Gasteiger partial charge in [0.1, 0.15) is 0 Å². The van der Waals surface area contributed by atoms with Crippen LogP contribution < -0.4 is 0 Å². The third-order valence-electron chi connectivity index (χ3n) is 3.32. The predicted octanol–water partition coefficient (Wildman–Crippen LogP) is 2.63. The topological polar surface area (TPSA) is 38.2 Å². The second kappa shape index (κ2) is 6.31. The van der Waals surface area contributed by atoms with E-state index in [2.05, 4.69) is 27.0 Å². The van der Waals surface area contributed by atoms with Crippen LogP contribution in [-0.4, -0.2) is 41.2 Å². The summed E-state index contributed by atoms with van der Waals surface area (Å²) in [4.78, 5) is 10.9. The first kappa shape index (κ1) is 13.5. The van der Waals surface area contributed by atoms with E-state index in [4.69, 9.17) is 16.3 Å². The van der Waals surface area contributed by atoms with Crippen molar-refractivity contribution in [1.82, 2.24) is 14.9 Å². The summed E-state index contributed by atoms with van der Waals surface area (Å²) in [5.74, 6) is 0.707. The second-order valence-electron chi connectivity index (χ2n) is 4.81. The molecule has 0 atom stereocenters. The predicted molar refractivity (Wildman–Crippen MR) is 78.6 cm³/mol. The highest BCUT2D eigenvalue weighted by Gasteiger charge is 2.11. The molecule has 1 aromatic carbocycles. The lowest BCUT2D eigenvalue weighted by Crippen LogP contribution is -2.35. The van der Waals surface area contributed by atoms with Gasteiger partial charge in [-0.2, -0.15) is 0 Å². The number of morpholine rings is 1. The maximum absolute atomic E-state index is 5.82. The maximum Gasteiger partial charge on any atom is 0.159 e. The fourth-order valence-electron chi connectivity index (χ4n) is 2.29. The summed E-state index contributed by atoms with van der Waals surface area (Å²) in [6.45, 7) is 4.55. The molecule has 3 rings (SSSR count). The van der Waals surface area contributed by atoms with Crippen LogP contribution in [0, 0.1) is 0 Å². The Balaban J connectivity index is 1.76. The SMILES string of the molecule is Clc1cnc(-c2cccc(CN3CCOCC3)c2)nc1. The van der Waals surface area contributed by atoms with Gasteiger partial charge in [0.15, 0.2) is 5.82 Å². The molecule has 5 heteroatoms. The van der Waals surface area contributed by atoms with Gasteiger partial charge in [0, 0.05) is 37.6 Å². The van der Waals surface area contributed by atoms with E-state index >= 15 is 0 Å². The van der Waals surface area contributed by atoms with Crippen molar-refractivity contribution in [3.05, 3.63) is 47.2 Å². The third-order valence-corrected chi connectivity index (χ3v) is 3.51. The summed E-state index contributed by atoms with van der Waals surface area (Å²) in [6.07, 6.45) is 3.25. The fourth-order valence-corrected chi connectivity index (χ4v) is 2.39. The van der Waals surface area contributed by atoms with Crippen molar-refractivity contribution in [3.63, 3.8) is 0 Å². The number of rotatable bonds is 3. The minimum absolute atomic E-state index is 0.554. The number of hydrogen-bond acceptors (Lipinski definition) is 4. The molecule has 0 aliphatic carbocycles. The minimum Gasteiger partial charge on any atom is -0.379 e.